The molecule has 0 fully saturated rings. The Morgan fingerprint density at radius 3 is 2.71 bits per heavy atom. The third kappa shape index (κ3) is 3.20. The molecular weight excluding hydrogens is 346 g/mol. The summed E-state index contributed by atoms with van der Waals surface area (Å²) in [5, 5.41) is 8.43. The van der Waals surface area contributed by atoms with Crippen molar-refractivity contribution in [2.24, 2.45) is 0 Å². The summed E-state index contributed by atoms with van der Waals surface area (Å²) in [6, 6.07) is 7.24. The summed E-state index contributed by atoms with van der Waals surface area (Å²) < 4.78 is 5.23. The quantitative estimate of drug-likeness (QED) is 0.752. The van der Waals surface area contributed by atoms with E-state index in [0.29, 0.717) is 34.1 Å². The molecule has 1 aromatic carbocycles. The molecule has 0 saturated heterocycles. The maximum atomic E-state index is 12.7. The van der Waals surface area contributed by atoms with Crippen LogP contribution >= 0.6 is 22.9 Å². The molecule has 5 nitrogen and oxygen atoms in total. The monoisotopic (exact) mass is 361 g/mol. The summed E-state index contributed by atoms with van der Waals surface area (Å²) in [6.07, 6.45) is 0. The molecule has 0 spiro atoms. The molecule has 7 heteroatoms. The third-order valence-electron chi connectivity index (χ3n) is 3.63. The van der Waals surface area contributed by atoms with Crippen LogP contribution in [0.3, 0.4) is 0 Å². The van der Waals surface area contributed by atoms with Crippen LogP contribution in [-0.2, 0) is 6.54 Å². The number of carbonyl (C=O) groups excluding carboxylic acids is 1. The molecule has 0 aliphatic heterocycles. The second-order valence-corrected chi connectivity index (χ2v) is 7.06. The zero-order valence-electron chi connectivity index (χ0n) is 13.5. The van der Waals surface area contributed by atoms with Crippen molar-refractivity contribution in [2.75, 3.05) is 0 Å². The highest BCUT2D eigenvalue weighted by Gasteiger charge is 2.23. The second kappa shape index (κ2) is 6.75. The number of aromatic nitrogens is 2. The highest BCUT2D eigenvalue weighted by molar-refractivity contribution is 7.11. The Balaban J connectivity index is 1.87. The van der Waals surface area contributed by atoms with Gasteiger partial charge in [0.15, 0.2) is 0 Å². The SMILES string of the molecule is Cc1nc(C)c(CNC(=O)c2c(-c3ccccc3Cl)noc2C)s1. The van der Waals surface area contributed by atoms with Crippen molar-refractivity contribution < 1.29 is 9.32 Å². The fourth-order valence-electron chi connectivity index (χ4n) is 2.46. The maximum absolute atomic E-state index is 12.7. The van der Waals surface area contributed by atoms with Crippen LogP contribution in [0.2, 0.25) is 5.02 Å². The van der Waals surface area contributed by atoms with E-state index in [1.54, 1.807) is 24.3 Å². The van der Waals surface area contributed by atoms with E-state index in [2.05, 4.69) is 15.5 Å². The predicted octanol–water partition coefficient (Wildman–Crippen LogP) is 4.31. The first-order valence-electron chi connectivity index (χ1n) is 7.39. The molecule has 0 radical (unpaired) electrons. The first-order chi connectivity index (χ1) is 11.5. The van der Waals surface area contributed by atoms with Gasteiger partial charge in [-0.2, -0.15) is 0 Å². The van der Waals surface area contributed by atoms with Crippen molar-refractivity contribution >= 4 is 28.8 Å². The largest absolute Gasteiger partial charge is 0.360 e. The van der Waals surface area contributed by atoms with Crippen LogP contribution in [0, 0.1) is 20.8 Å². The predicted molar refractivity (Wildman–Crippen MR) is 94.4 cm³/mol. The summed E-state index contributed by atoms with van der Waals surface area (Å²) in [7, 11) is 0. The van der Waals surface area contributed by atoms with Crippen molar-refractivity contribution in [3.05, 3.63) is 56.2 Å². The van der Waals surface area contributed by atoms with Crippen LogP contribution in [0.1, 0.15) is 31.7 Å². The summed E-state index contributed by atoms with van der Waals surface area (Å²) in [5.74, 6) is 0.216. The Labute approximate surface area is 148 Å². The first kappa shape index (κ1) is 16.7. The van der Waals surface area contributed by atoms with E-state index in [9.17, 15) is 4.79 Å². The van der Waals surface area contributed by atoms with Crippen molar-refractivity contribution in [1.29, 1.82) is 0 Å². The Morgan fingerprint density at radius 2 is 2.04 bits per heavy atom. The molecular formula is C17H16ClN3O2S. The van der Waals surface area contributed by atoms with Gasteiger partial charge in [0.05, 0.1) is 22.3 Å². The average molecular weight is 362 g/mol. The fourth-order valence-corrected chi connectivity index (χ4v) is 3.57. The number of hydrogen-bond acceptors (Lipinski definition) is 5. The number of rotatable bonds is 4. The first-order valence-corrected chi connectivity index (χ1v) is 8.59. The molecule has 2 aromatic heterocycles. The van der Waals surface area contributed by atoms with Crippen LogP contribution in [-0.4, -0.2) is 16.0 Å². The Kier molecular flexibility index (Phi) is 4.69. The Morgan fingerprint density at radius 1 is 1.29 bits per heavy atom. The molecule has 2 heterocycles. The number of carbonyl (C=O) groups is 1. The number of benzene rings is 1. The molecule has 1 N–H and O–H groups in total. The molecule has 0 bridgehead atoms. The van der Waals surface area contributed by atoms with Gasteiger partial charge in [0.2, 0.25) is 0 Å². The zero-order chi connectivity index (χ0) is 17.3. The van der Waals surface area contributed by atoms with Crippen LogP contribution in [0.5, 0.6) is 0 Å². The van der Waals surface area contributed by atoms with Crippen LogP contribution in [0.15, 0.2) is 28.8 Å². The number of aryl methyl sites for hydroxylation is 3. The number of hydrogen-bond donors (Lipinski definition) is 1. The van der Waals surface area contributed by atoms with E-state index < -0.39 is 0 Å². The van der Waals surface area contributed by atoms with Crippen molar-refractivity contribution in [1.82, 2.24) is 15.5 Å². The summed E-state index contributed by atoms with van der Waals surface area (Å²) in [4.78, 5) is 18.1. The summed E-state index contributed by atoms with van der Waals surface area (Å²) in [5.41, 5.74) is 2.46. The van der Waals surface area contributed by atoms with Crippen LogP contribution in [0.4, 0.5) is 0 Å². The molecule has 3 rings (SSSR count). The minimum absolute atomic E-state index is 0.242. The highest BCUT2D eigenvalue weighted by atomic mass is 35.5. The standard InChI is InChI=1S/C17H16ClN3O2S/c1-9-14(24-11(3)20-9)8-19-17(22)15-10(2)23-21-16(15)12-6-4-5-7-13(12)18/h4-7H,8H2,1-3H3,(H,19,22). The number of thiazole rings is 1. The summed E-state index contributed by atoms with van der Waals surface area (Å²) in [6.45, 7) is 6.01. The maximum Gasteiger partial charge on any atom is 0.257 e. The molecule has 1 amide bonds. The van der Waals surface area contributed by atoms with Gasteiger partial charge in [0.1, 0.15) is 17.0 Å². The van der Waals surface area contributed by atoms with Crippen LogP contribution in [0.25, 0.3) is 11.3 Å². The van der Waals surface area contributed by atoms with E-state index in [0.717, 1.165) is 15.6 Å². The number of nitrogens with zero attached hydrogens (tertiary/aromatic N) is 2. The number of amides is 1. The molecule has 0 unspecified atom stereocenters. The molecule has 0 aliphatic rings. The lowest BCUT2D eigenvalue weighted by molar-refractivity contribution is 0.0950. The lowest BCUT2D eigenvalue weighted by Crippen LogP contribution is -2.23. The smallest absolute Gasteiger partial charge is 0.257 e. The minimum atomic E-state index is -0.242. The topological polar surface area (TPSA) is 68.0 Å². The fraction of sp³-hybridized carbons (Fsp3) is 0.235. The molecule has 0 atom stereocenters. The van der Waals surface area contributed by atoms with E-state index in [4.69, 9.17) is 16.1 Å². The van der Waals surface area contributed by atoms with Crippen molar-refractivity contribution in [3.8, 4) is 11.3 Å². The normalized spacial score (nSPS) is 10.8. The molecule has 24 heavy (non-hydrogen) atoms. The van der Waals surface area contributed by atoms with E-state index in [1.807, 2.05) is 32.0 Å². The molecule has 0 saturated carbocycles. The molecule has 124 valence electrons. The third-order valence-corrected chi connectivity index (χ3v) is 5.03. The Hall–Kier alpha value is -2.18. The van der Waals surface area contributed by atoms with E-state index >= 15 is 0 Å². The average Bonchev–Trinajstić information content (AvgIpc) is 3.07. The van der Waals surface area contributed by atoms with Gasteiger partial charge >= 0.3 is 0 Å². The van der Waals surface area contributed by atoms with Gasteiger partial charge in [0.25, 0.3) is 5.91 Å². The van der Waals surface area contributed by atoms with Gasteiger partial charge in [-0.1, -0.05) is 35.0 Å². The van der Waals surface area contributed by atoms with Gasteiger partial charge in [-0.15, -0.1) is 11.3 Å². The van der Waals surface area contributed by atoms with Crippen LogP contribution < -0.4 is 5.32 Å². The number of halogens is 1. The van der Waals surface area contributed by atoms with E-state index in [-0.39, 0.29) is 5.91 Å². The van der Waals surface area contributed by atoms with Gasteiger partial charge < -0.3 is 9.84 Å². The number of nitrogens with one attached hydrogen (secondary N) is 1. The van der Waals surface area contributed by atoms with Gasteiger partial charge in [0, 0.05) is 10.4 Å². The van der Waals surface area contributed by atoms with Gasteiger partial charge in [-0.3, -0.25) is 4.79 Å². The van der Waals surface area contributed by atoms with Gasteiger partial charge in [-0.25, -0.2) is 4.98 Å². The lowest BCUT2D eigenvalue weighted by atomic mass is 10.1. The minimum Gasteiger partial charge on any atom is -0.360 e. The zero-order valence-corrected chi connectivity index (χ0v) is 15.1. The van der Waals surface area contributed by atoms with Crippen molar-refractivity contribution in [2.45, 2.75) is 27.3 Å². The Bertz CT molecular complexity index is 901. The molecule has 3 aromatic rings. The lowest BCUT2D eigenvalue weighted by Gasteiger charge is -2.06. The summed E-state index contributed by atoms with van der Waals surface area (Å²) >= 11 is 7.80. The molecule has 0 aliphatic carbocycles. The highest BCUT2D eigenvalue weighted by Crippen LogP contribution is 2.31. The van der Waals surface area contributed by atoms with E-state index in [1.165, 1.54) is 0 Å². The van der Waals surface area contributed by atoms with Gasteiger partial charge in [-0.05, 0) is 26.8 Å². The van der Waals surface area contributed by atoms with Crippen molar-refractivity contribution in [3.63, 3.8) is 0 Å². The second-order valence-electron chi connectivity index (χ2n) is 5.37.